The molecule has 0 saturated carbocycles. The number of carboxylic acids is 1. The first-order valence-electron chi connectivity index (χ1n) is 5.25. The van der Waals surface area contributed by atoms with Crippen LogP contribution in [-0.4, -0.2) is 53.1 Å². The lowest BCUT2D eigenvalue weighted by Gasteiger charge is -2.27. The Hall–Kier alpha value is -1.70. The summed E-state index contributed by atoms with van der Waals surface area (Å²) in [4.78, 5) is 25.2. The molecule has 0 bridgehead atoms. The van der Waals surface area contributed by atoms with E-state index in [9.17, 15) is 9.59 Å². The first-order chi connectivity index (χ1) is 7.56. The average Bonchev–Trinajstić information content (AvgIpc) is 2.23. The number of carboxylic acid groups (broad SMARTS) is 1. The largest absolute Gasteiger partial charge is 0.480 e. The second-order valence-electron chi connectivity index (χ2n) is 3.32. The van der Waals surface area contributed by atoms with Crippen molar-refractivity contribution in [2.24, 2.45) is 0 Å². The van der Waals surface area contributed by atoms with Crippen LogP contribution in [0, 0.1) is 12.3 Å². The summed E-state index contributed by atoms with van der Waals surface area (Å²) in [6.45, 7) is 4.62. The maximum atomic E-state index is 11.9. The van der Waals surface area contributed by atoms with Crippen molar-refractivity contribution in [3.8, 4) is 12.3 Å². The average molecular weight is 226 g/mol. The Morgan fingerprint density at radius 2 is 1.94 bits per heavy atom. The number of carbonyl (C=O) groups is 2. The predicted molar refractivity (Wildman–Crippen MR) is 61.0 cm³/mol. The lowest BCUT2D eigenvalue weighted by atomic mass is 10.4. The standard InChI is InChI=1S/C11H18N2O3/c1-4-7-12(6-3)11(16)13(8-5-2)9-10(14)15/h2H,4,6-9H2,1,3H3,(H,14,15). The highest BCUT2D eigenvalue weighted by molar-refractivity contribution is 5.80. The highest BCUT2D eigenvalue weighted by atomic mass is 16.4. The molecule has 0 rings (SSSR count). The van der Waals surface area contributed by atoms with Gasteiger partial charge < -0.3 is 14.9 Å². The van der Waals surface area contributed by atoms with E-state index in [1.54, 1.807) is 4.90 Å². The molecule has 2 amide bonds. The van der Waals surface area contributed by atoms with E-state index in [1.165, 1.54) is 0 Å². The van der Waals surface area contributed by atoms with Crippen LogP contribution in [-0.2, 0) is 4.79 Å². The summed E-state index contributed by atoms with van der Waals surface area (Å²) in [5.41, 5.74) is 0. The minimum atomic E-state index is -1.06. The highest BCUT2D eigenvalue weighted by Gasteiger charge is 2.20. The Kier molecular flexibility index (Phi) is 6.77. The summed E-state index contributed by atoms with van der Waals surface area (Å²) in [5.74, 6) is 1.23. The van der Waals surface area contributed by atoms with Gasteiger partial charge in [-0.15, -0.1) is 6.42 Å². The van der Waals surface area contributed by atoms with Crippen LogP contribution in [0.5, 0.6) is 0 Å². The van der Waals surface area contributed by atoms with Gasteiger partial charge in [-0.3, -0.25) is 4.79 Å². The number of rotatable bonds is 6. The van der Waals surface area contributed by atoms with Crippen molar-refractivity contribution < 1.29 is 14.7 Å². The molecule has 90 valence electrons. The van der Waals surface area contributed by atoms with Gasteiger partial charge in [-0.25, -0.2) is 4.79 Å². The predicted octanol–water partition coefficient (Wildman–Crippen LogP) is 0.858. The Bertz CT molecular complexity index is 283. The maximum absolute atomic E-state index is 11.9. The molecule has 0 spiro atoms. The van der Waals surface area contributed by atoms with Crippen molar-refractivity contribution >= 4 is 12.0 Å². The minimum absolute atomic E-state index is 0.0192. The number of hydrogen-bond acceptors (Lipinski definition) is 2. The molecule has 0 saturated heterocycles. The number of nitrogens with zero attached hydrogens (tertiary/aromatic N) is 2. The molecule has 1 N–H and O–H groups in total. The van der Waals surface area contributed by atoms with Crippen LogP contribution in [0.3, 0.4) is 0 Å². The molecule has 16 heavy (non-hydrogen) atoms. The molecular weight excluding hydrogens is 208 g/mol. The Morgan fingerprint density at radius 1 is 1.31 bits per heavy atom. The van der Waals surface area contributed by atoms with E-state index >= 15 is 0 Å². The number of terminal acetylenes is 1. The van der Waals surface area contributed by atoms with Crippen molar-refractivity contribution in [2.75, 3.05) is 26.2 Å². The fraction of sp³-hybridized carbons (Fsp3) is 0.636. The zero-order valence-corrected chi connectivity index (χ0v) is 9.77. The zero-order chi connectivity index (χ0) is 12.6. The summed E-state index contributed by atoms with van der Waals surface area (Å²) in [7, 11) is 0. The third-order valence-electron chi connectivity index (χ3n) is 2.02. The monoisotopic (exact) mass is 226 g/mol. The van der Waals surface area contributed by atoms with Crippen LogP contribution in [0.25, 0.3) is 0 Å². The first kappa shape index (κ1) is 14.3. The lowest BCUT2D eigenvalue weighted by Crippen LogP contribution is -2.45. The van der Waals surface area contributed by atoms with Crippen molar-refractivity contribution in [1.29, 1.82) is 0 Å². The summed E-state index contributed by atoms with van der Waals surface area (Å²) < 4.78 is 0. The molecule has 0 aromatic rings. The van der Waals surface area contributed by atoms with E-state index in [-0.39, 0.29) is 19.1 Å². The van der Waals surface area contributed by atoms with Crippen molar-refractivity contribution in [2.45, 2.75) is 20.3 Å². The molecule has 0 aromatic heterocycles. The van der Waals surface area contributed by atoms with E-state index < -0.39 is 5.97 Å². The third kappa shape index (κ3) is 4.69. The van der Waals surface area contributed by atoms with Crippen LogP contribution < -0.4 is 0 Å². The topological polar surface area (TPSA) is 60.9 Å². The van der Waals surface area contributed by atoms with Gasteiger partial charge in [0.15, 0.2) is 0 Å². The zero-order valence-electron chi connectivity index (χ0n) is 9.77. The summed E-state index contributed by atoms with van der Waals surface area (Å²) in [6.07, 6.45) is 5.93. The molecule has 0 radical (unpaired) electrons. The Morgan fingerprint density at radius 3 is 2.31 bits per heavy atom. The molecule has 5 heteroatoms. The van der Waals surface area contributed by atoms with E-state index in [0.717, 1.165) is 11.3 Å². The number of carbonyl (C=O) groups excluding carboxylic acids is 1. The van der Waals surface area contributed by atoms with Gasteiger partial charge in [-0.2, -0.15) is 0 Å². The molecule has 0 aliphatic heterocycles. The van der Waals surface area contributed by atoms with Crippen molar-refractivity contribution in [3.63, 3.8) is 0 Å². The molecule has 0 unspecified atom stereocenters. The summed E-state index contributed by atoms with van der Waals surface area (Å²) in [5, 5.41) is 8.66. The number of urea groups is 1. The fourth-order valence-electron chi connectivity index (χ4n) is 1.32. The quantitative estimate of drug-likeness (QED) is 0.683. The minimum Gasteiger partial charge on any atom is -0.480 e. The Balaban J connectivity index is 4.57. The van der Waals surface area contributed by atoms with Gasteiger partial charge in [0.05, 0.1) is 6.54 Å². The van der Waals surface area contributed by atoms with E-state index in [0.29, 0.717) is 13.1 Å². The second kappa shape index (κ2) is 7.57. The van der Waals surface area contributed by atoms with Crippen LogP contribution in [0.15, 0.2) is 0 Å². The fourth-order valence-corrected chi connectivity index (χ4v) is 1.32. The van der Waals surface area contributed by atoms with E-state index in [1.807, 2.05) is 13.8 Å². The second-order valence-corrected chi connectivity index (χ2v) is 3.32. The summed E-state index contributed by atoms with van der Waals surface area (Å²) >= 11 is 0. The molecule has 5 nitrogen and oxygen atoms in total. The van der Waals surface area contributed by atoms with Gasteiger partial charge in [0.1, 0.15) is 6.54 Å². The number of amides is 2. The van der Waals surface area contributed by atoms with Crippen LogP contribution >= 0.6 is 0 Å². The third-order valence-corrected chi connectivity index (χ3v) is 2.02. The van der Waals surface area contributed by atoms with E-state index in [4.69, 9.17) is 11.5 Å². The van der Waals surface area contributed by atoms with Gasteiger partial charge in [0.25, 0.3) is 0 Å². The number of hydrogen-bond donors (Lipinski definition) is 1. The van der Waals surface area contributed by atoms with Crippen molar-refractivity contribution in [3.05, 3.63) is 0 Å². The molecule has 0 aliphatic carbocycles. The highest BCUT2D eigenvalue weighted by Crippen LogP contribution is 2.00. The van der Waals surface area contributed by atoms with E-state index in [2.05, 4.69) is 5.92 Å². The smallest absolute Gasteiger partial charge is 0.323 e. The molecule has 0 aromatic carbocycles. The maximum Gasteiger partial charge on any atom is 0.323 e. The van der Waals surface area contributed by atoms with Gasteiger partial charge >= 0.3 is 12.0 Å². The van der Waals surface area contributed by atoms with Gasteiger partial charge in [-0.1, -0.05) is 12.8 Å². The van der Waals surface area contributed by atoms with Gasteiger partial charge in [0, 0.05) is 13.1 Å². The SMILES string of the molecule is C#CCN(CC(=O)O)C(=O)N(CC)CCC. The summed E-state index contributed by atoms with van der Waals surface area (Å²) in [6, 6.07) is -0.315. The molecule has 0 aliphatic rings. The normalized spacial score (nSPS) is 9.31. The van der Waals surface area contributed by atoms with Crippen molar-refractivity contribution in [1.82, 2.24) is 9.80 Å². The van der Waals surface area contributed by atoms with Gasteiger partial charge in [-0.05, 0) is 13.3 Å². The molecule has 0 atom stereocenters. The first-order valence-corrected chi connectivity index (χ1v) is 5.25. The van der Waals surface area contributed by atoms with Crippen LogP contribution in [0.1, 0.15) is 20.3 Å². The molecule has 0 fully saturated rings. The van der Waals surface area contributed by atoms with Crippen LogP contribution in [0.4, 0.5) is 4.79 Å². The molecule has 0 heterocycles. The Labute approximate surface area is 96.0 Å². The van der Waals surface area contributed by atoms with Crippen LogP contribution in [0.2, 0.25) is 0 Å². The molecular formula is C11H18N2O3. The lowest BCUT2D eigenvalue weighted by molar-refractivity contribution is -0.137. The van der Waals surface area contributed by atoms with Gasteiger partial charge in [0.2, 0.25) is 0 Å². The number of aliphatic carboxylic acids is 1.